The number of nitrogens with zero attached hydrogens (tertiary/aromatic N) is 4. The fourth-order valence-electron chi connectivity index (χ4n) is 8.89. The first kappa shape index (κ1) is 34.0. The zero-order valence-electron chi connectivity index (χ0n) is 32.4. The van der Waals surface area contributed by atoms with Crippen molar-refractivity contribution in [1.82, 2.24) is 19.9 Å². The zero-order chi connectivity index (χ0) is 39.6. The molecule has 2 heterocycles. The average Bonchev–Trinajstić information content (AvgIpc) is 3.32. The molecule has 60 heavy (non-hydrogen) atoms. The quantitative estimate of drug-likeness (QED) is 0.164. The highest BCUT2D eigenvalue weighted by atomic mass is 15.0. The van der Waals surface area contributed by atoms with Crippen molar-refractivity contribution in [3.05, 3.63) is 206 Å². The Morgan fingerprint density at radius 1 is 0.250 bits per heavy atom. The van der Waals surface area contributed by atoms with Gasteiger partial charge >= 0.3 is 0 Å². The molecule has 4 heteroatoms. The number of pyridine rings is 1. The van der Waals surface area contributed by atoms with E-state index in [4.69, 9.17) is 19.9 Å². The lowest BCUT2D eigenvalue weighted by molar-refractivity contribution is 1.08. The number of aromatic nitrogens is 4. The molecule has 0 bridgehead atoms. The van der Waals surface area contributed by atoms with Crippen molar-refractivity contribution in [3.8, 4) is 56.5 Å². The summed E-state index contributed by atoms with van der Waals surface area (Å²) in [5.41, 5.74) is 7.78. The first-order chi connectivity index (χ1) is 29.7. The molecule has 0 aliphatic rings. The van der Waals surface area contributed by atoms with Crippen LogP contribution in [0.5, 0.6) is 0 Å². The largest absolute Gasteiger partial charge is 0.247 e. The Bertz CT molecular complexity index is 3560. The van der Waals surface area contributed by atoms with Crippen molar-refractivity contribution in [2.24, 2.45) is 0 Å². The van der Waals surface area contributed by atoms with Crippen molar-refractivity contribution >= 4 is 64.8 Å². The molecule has 2 aromatic heterocycles. The normalized spacial score (nSPS) is 11.7. The molecule has 0 saturated carbocycles. The van der Waals surface area contributed by atoms with E-state index in [0.717, 1.165) is 66.1 Å². The molecular formula is C56H34N4. The third-order valence-corrected chi connectivity index (χ3v) is 11.8. The zero-order valence-corrected chi connectivity index (χ0v) is 32.4. The highest BCUT2D eigenvalue weighted by Gasteiger charge is 2.19. The van der Waals surface area contributed by atoms with Gasteiger partial charge in [-0.15, -0.1) is 0 Å². The van der Waals surface area contributed by atoms with Gasteiger partial charge in [-0.3, -0.25) is 0 Å². The summed E-state index contributed by atoms with van der Waals surface area (Å²) in [5.74, 6) is 1.83. The van der Waals surface area contributed by atoms with Crippen LogP contribution in [0, 0.1) is 0 Å². The lowest BCUT2D eigenvalue weighted by Crippen LogP contribution is -2.01. The second kappa shape index (κ2) is 13.8. The van der Waals surface area contributed by atoms with E-state index in [2.05, 4.69) is 206 Å². The number of para-hydroxylation sites is 1. The Labute approximate surface area is 346 Å². The standard InChI is InChI=1S/C56H34N4/c1-3-16-39-30-41(26-24-35(39)12-1)54-58-55(42-27-25-36-13-2-4-17-40(36)31-42)60-56(59-54)45-33-43(47-22-11-18-37-14-5-7-19-46(37)47)32-44(34-45)53-50-29-28-38-15-6-8-20-48(38)52(50)49-21-9-10-23-51(49)57-53/h1-34H. The van der Waals surface area contributed by atoms with Gasteiger partial charge in [-0.1, -0.05) is 170 Å². The van der Waals surface area contributed by atoms with Gasteiger partial charge in [0, 0.05) is 38.4 Å². The molecule has 0 N–H and O–H groups in total. The summed E-state index contributed by atoms with van der Waals surface area (Å²) in [5, 5.41) is 12.8. The summed E-state index contributed by atoms with van der Waals surface area (Å²) in [6.45, 7) is 0. The Hall–Kier alpha value is -8.08. The van der Waals surface area contributed by atoms with Crippen LogP contribution >= 0.6 is 0 Å². The van der Waals surface area contributed by atoms with E-state index >= 15 is 0 Å². The van der Waals surface area contributed by atoms with Crippen LogP contribution in [0.2, 0.25) is 0 Å². The van der Waals surface area contributed by atoms with Crippen molar-refractivity contribution in [3.63, 3.8) is 0 Å². The van der Waals surface area contributed by atoms with Crippen LogP contribution < -0.4 is 0 Å². The topological polar surface area (TPSA) is 51.6 Å². The van der Waals surface area contributed by atoms with Crippen molar-refractivity contribution in [2.75, 3.05) is 0 Å². The summed E-state index contributed by atoms with van der Waals surface area (Å²) in [6.07, 6.45) is 0. The Kier molecular flexibility index (Phi) is 7.82. The highest BCUT2D eigenvalue weighted by molar-refractivity contribution is 6.22. The van der Waals surface area contributed by atoms with Crippen molar-refractivity contribution in [1.29, 1.82) is 0 Å². The third kappa shape index (κ3) is 5.77. The minimum atomic E-state index is 0.593. The van der Waals surface area contributed by atoms with Gasteiger partial charge in [-0.25, -0.2) is 19.9 Å². The first-order valence-corrected chi connectivity index (χ1v) is 20.3. The number of fused-ring (bicyclic) bond motifs is 8. The summed E-state index contributed by atoms with van der Waals surface area (Å²) < 4.78 is 0. The van der Waals surface area contributed by atoms with E-state index in [-0.39, 0.29) is 0 Å². The maximum Gasteiger partial charge on any atom is 0.164 e. The summed E-state index contributed by atoms with van der Waals surface area (Å²) in [7, 11) is 0. The number of hydrogen-bond acceptors (Lipinski definition) is 4. The molecule has 278 valence electrons. The van der Waals surface area contributed by atoms with Gasteiger partial charge in [0.05, 0.1) is 11.2 Å². The Balaban J connectivity index is 1.15. The fraction of sp³-hybridized carbons (Fsp3) is 0. The summed E-state index contributed by atoms with van der Waals surface area (Å²) >= 11 is 0. The van der Waals surface area contributed by atoms with Crippen LogP contribution in [0.15, 0.2) is 206 Å². The van der Waals surface area contributed by atoms with Crippen LogP contribution in [-0.4, -0.2) is 19.9 Å². The van der Waals surface area contributed by atoms with Gasteiger partial charge in [0.15, 0.2) is 17.5 Å². The lowest BCUT2D eigenvalue weighted by atomic mass is 9.91. The fourth-order valence-corrected chi connectivity index (χ4v) is 8.89. The molecule has 0 atom stereocenters. The van der Waals surface area contributed by atoms with Crippen molar-refractivity contribution in [2.45, 2.75) is 0 Å². The molecule has 0 spiro atoms. The van der Waals surface area contributed by atoms with Gasteiger partial charge in [-0.05, 0) is 90.6 Å². The van der Waals surface area contributed by atoms with Crippen LogP contribution in [0.25, 0.3) is 121 Å². The summed E-state index contributed by atoms with van der Waals surface area (Å²) in [4.78, 5) is 21.3. The van der Waals surface area contributed by atoms with E-state index in [1.165, 1.54) is 37.7 Å². The van der Waals surface area contributed by atoms with Gasteiger partial charge in [0.1, 0.15) is 0 Å². The minimum absolute atomic E-state index is 0.593. The molecule has 0 radical (unpaired) electrons. The van der Waals surface area contributed by atoms with E-state index in [1.807, 2.05) is 0 Å². The maximum absolute atomic E-state index is 5.45. The minimum Gasteiger partial charge on any atom is -0.247 e. The predicted molar refractivity (Wildman–Crippen MR) is 250 cm³/mol. The van der Waals surface area contributed by atoms with Crippen LogP contribution in [0.1, 0.15) is 0 Å². The van der Waals surface area contributed by atoms with Crippen LogP contribution in [0.4, 0.5) is 0 Å². The molecule has 10 aromatic carbocycles. The number of hydrogen-bond donors (Lipinski definition) is 0. The molecular weight excluding hydrogens is 729 g/mol. The number of benzene rings is 10. The number of rotatable bonds is 5. The molecule has 12 rings (SSSR count). The summed E-state index contributed by atoms with van der Waals surface area (Å²) in [6, 6.07) is 73.0. The van der Waals surface area contributed by atoms with Gasteiger partial charge in [0.25, 0.3) is 0 Å². The van der Waals surface area contributed by atoms with Crippen LogP contribution in [0.3, 0.4) is 0 Å². The second-order valence-corrected chi connectivity index (χ2v) is 15.4. The first-order valence-electron chi connectivity index (χ1n) is 20.3. The molecule has 0 saturated heterocycles. The highest BCUT2D eigenvalue weighted by Crippen LogP contribution is 2.41. The second-order valence-electron chi connectivity index (χ2n) is 15.4. The Morgan fingerprint density at radius 2 is 0.733 bits per heavy atom. The molecule has 0 unspecified atom stereocenters. The SMILES string of the molecule is c1ccc2cc(-c3nc(-c4cc(-c5cccc6ccccc56)cc(-c5nc6ccccc6c6c5ccc5ccccc56)c4)nc(-c4ccc5ccccc5c4)n3)ccc2c1. The van der Waals surface area contributed by atoms with Crippen molar-refractivity contribution < 1.29 is 0 Å². The van der Waals surface area contributed by atoms with Gasteiger partial charge < -0.3 is 0 Å². The monoisotopic (exact) mass is 762 g/mol. The predicted octanol–water partition coefficient (Wildman–Crippen LogP) is 14.5. The molecule has 0 amide bonds. The van der Waals surface area contributed by atoms with E-state index in [1.54, 1.807) is 0 Å². The smallest absolute Gasteiger partial charge is 0.164 e. The average molecular weight is 763 g/mol. The van der Waals surface area contributed by atoms with E-state index in [9.17, 15) is 0 Å². The maximum atomic E-state index is 5.45. The van der Waals surface area contributed by atoms with Crippen LogP contribution in [-0.2, 0) is 0 Å². The molecule has 0 aliphatic carbocycles. The molecule has 4 nitrogen and oxygen atoms in total. The van der Waals surface area contributed by atoms with Gasteiger partial charge in [-0.2, -0.15) is 0 Å². The van der Waals surface area contributed by atoms with Gasteiger partial charge in [0.2, 0.25) is 0 Å². The molecule has 12 aromatic rings. The molecule has 0 aliphatic heterocycles. The van der Waals surface area contributed by atoms with E-state index < -0.39 is 0 Å². The lowest BCUT2D eigenvalue weighted by Gasteiger charge is -2.16. The molecule has 0 fully saturated rings. The Morgan fingerprint density at radius 3 is 1.42 bits per heavy atom. The third-order valence-electron chi connectivity index (χ3n) is 11.8. The van der Waals surface area contributed by atoms with E-state index in [0.29, 0.717) is 17.5 Å².